The molecule has 154 valence electrons. The monoisotopic (exact) mass is 437 g/mol. The number of anilines is 1. The third-order valence-electron chi connectivity index (χ3n) is 4.18. The second kappa shape index (κ2) is 10.1. The molecule has 0 heterocycles. The van der Waals surface area contributed by atoms with Crippen molar-refractivity contribution in [3.05, 3.63) is 57.6 Å². The Morgan fingerprint density at radius 2 is 1.66 bits per heavy atom. The molecule has 7 nitrogen and oxygen atoms in total. The summed E-state index contributed by atoms with van der Waals surface area (Å²) in [7, 11) is 1.44. The Morgan fingerprint density at radius 3 is 2.14 bits per heavy atom. The van der Waals surface area contributed by atoms with Gasteiger partial charge in [0.1, 0.15) is 0 Å². The molecule has 0 bridgehead atoms. The highest BCUT2D eigenvalue weighted by Gasteiger charge is 2.19. The Kier molecular flexibility index (Phi) is 7.87. The van der Waals surface area contributed by atoms with E-state index in [4.69, 9.17) is 33.7 Å². The van der Waals surface area contributed by atoms with Gasteiger partial charge in [0.2, 0.25) is 11.8 Å². The van der Waals surface area contributed by atoms with Gasteiger partial charge in [-0.25, -0.2) is 0 Å². The van der Waals surface area contributed by atoms with Gasteiger partial charge in [-0.15, -0.1) is 0 Å². The maximum Gasteiger partial charge on any atom is 0.253 e. The topological polar surface area (TPSA) is 102 Å². The van der Waals surface area contributed by atoms with Crippen molar-refractivity contribution in [2.75, 3.05) is 25.5 Å². The molecule has 0 atom stereocenters. The third-order valence-corrected chi connectivity index (χ3v) is 4.74. The van der Waals surface area contributed by atoms with E-state index in [9.17, 15) is 14.4 Å². The van der Waals surface area contributed by atoms with Crippen LogP contribution in [0.1, 0.15) is 34.1 Å². The van der Waals surface area contributed by atoms with Crippen molar-refractivity contribution >= 4 is 46.6 Å². The van der Waals surface area contributed by atoms with Gasteiger partial charge in [0.05, 0.1) is 17.2 Å². The van der Waals surface area contributed by atoms with E-state index in [-0.39, 0.29) is 34.8 Å². The van der Waals surface area contributed by atoms with Crippen molar-refractivity contribution in [2.45, 2.75) is 13.3 Å². The lowest BCUT2D eigenvalue weighted by atomic mass is 10.1. The highest BCUT2D eigenvalue weighted by atomic mass is 35.5. The molecule has 0 saturated carbocycles. The van der Waals surface area contributed by atoms with Crippen LogP contribution in [-0.2, 0) is 4.79 Å². The molecule has 2 rings (SSSR count). The number of hydrogen-bond acceptors (Lipinski definition) is 4. The Labute approximate surface area is 178 Å². The molecule has 0 radical (unpaired) electrons. The summed E-state index contributed by atoms with van der Waals surface area (Å²) in [5, 5.41) is 3.18. The van der Waals surface area contributed by atoms with Gasteiger partial charge in [-0.1, -0.05) is 23.2 Å². The number of methoxy groups -OCH3 is 1. The molecular weight excluding hydrogens is 417 g/mol. The standard InChI is InChI=1S/C20H21Cl2N3O4/c1-3-25(20(28)13-10-15(21)18(29-2)16(22)11-13)9-8-17(26)24-14-6-4-12(5-7-14)19(23)27/h4-7,10-11H,3,8-9H2,1-2H3,(H2,23,27)(H,24,26). The number of rotatable bonds is 8. The largest absolute Gasteiger partial charge is 0.494 e. The fraction of sp³-hybridized carbons (Fsp3) is 0.250. The Bertz CT molecular complexity index is 893. The number of ether oxygens (including phenoxy) is 1. The van der Waals surface area contributed by atoms with Gasteiger partial charge in [0, 0.05) is 36.3 Å². The quantitative estimate of drug-likeness (QED) is 0.658. The zero-order chi connectivity index (χ0) is 21.6. The first-order valence-corrected chi connectivity index (χ1v) is 9.54. The van der Waals surface area contributed by atoms with Crippen LogP contribution in [-0.4, -0.2) is 42.8 Å². The number of carbonyl (C=O) groups is 3. The van der Waals surface area contributed by atoms with Crippen molar-refractivity contribution in [2.24, 2.45) is 5.73 Å². The molecule has 3 N–H and O–H groups in total. The van der Waals surface area contributed by atoms with Gasteiger partial charge < -0.3 is 20.7 Å². The summed E-state index contributed by atoms with van der Waals surface area (Å²) in [5.41, 5.74) is 6.38. The summed E-state index contributed by atoms with van der Waals surface area (Å²) in [6, 6.07) is 9.19. The summed E-state index contributed by atoms with van der Waals surface area (Å²) >= 11 is 12.2. The van der Waals surface area contributed by atoms with E-state index < -0.39 is 5.91 Å². The second-order valence-corrected chi connectivity index (χ2v) is 6.91. The minimum absolute atomic E-state index is 0.0920. The SMILES string of the molecule is CCN(CCC(=O)Nc1ccc(C(N)=O)cc1)C(=O)c1cc(Cl)c(OC)c(Cl)c1. The van der Waals surface area contributed by atoms with Gasteiger partial charge in [-0.2, -0.15) is 0 Å². The van der Waals surface area contributed by atoms with Gasteiger partial charge in [0.25, 0.3) is 5.91 Å². The number of carbonyl (C=O) groups excluding carboxylic acids is 3. The molecule has 0 aliphatic heterocycles. The zero-order valence-corrected chi connectivity index (χ0v) is 17.5. The molecule has 9 heteroatoms. The van der Waals surface area contributed by atoms with Gasteiger partial charge in [-0.3, -0.25) is 14.4 Å². The average Bonchev–Trinajstić information content (AvgIpc) is 2.68. The molecule has 0 saturated heterocycles. The lowest BCUT2D eigenvalue weighted by molar-refractivity contribution is -0.116. The number of nitrogens with zero attached hydrogens (tertiary/aromatic N) is 1. The summed E-state index contributed by atoms with van der Waals surface area (Å²) < 4.78 is 5.09. The van der Waals surface area contributed by atoms with Crippen LogP contribution in [0.5, 0.6) is 5.75 Å². The van der Waals surface area contributed by atoms with Gasteiger partial charge in [0.15, 0.2) is 5.75 Å². The fourth-order valence-electron chi connectivity index (χ4n) is 2.64. The number of benzene rings is 2. The predicted molar refractivity (Wildman–Crippen MR) is 113 cm³/mol. The summed E-state index contributed by atoms with van der Waals surface area (Å²) in [6.07, 6.45) is 0.0920. The lowest BCUT2D eigenvalue weighted by Gasteiger charge is -2.21. The van der Waals surface area contributed by atoms with Crippen LogP contribution in [0.3, 0.4) is 0 Å². The highest BCUT2D eigenvalue weighted by molar-refractivity contribution is 6.37. The number of nitrogens with one attached hydrogen (secondary N) is 1. The van der Waals surface area contributed by atoms with Crippen LogP contribution < -0.4 is 15.8 Å². The molecule has 2 aromatic rings. The van der Waals surface area contributed by atoms with E-state index in [1.807, 2.05) is 6.92 Å². The number of nitrogens with two attached hydrogens (primary N) is 1. The van der Waals surface area contributed by atoms with E-state index in [1.165, 1.54) is 36.3 Å². The third kappa shape index (κ3) is 5.85. The zero-order valence-electron chi connectivity index (χ0n) is 16.0. The smallest absolute Gasteiger partial charge is 0.253 e. The normalized spacial score (nSPS) is 10.3. The van der Waals surface area contributed by atoms with Crippen molar-refractivity contribution < 1.29 is 19.1 Å². The molecule has 2 aromatic carbocycles. The molecule has 0 aliphatic carbocycles. The molecule has 0 spiro atoms. The van der Waals surface area contributed by atoms with Crippen LogP contribution in [0.25, 0.3) is 0 Å². The second-order valence-electron chi connectivity index (χ2n) is 6.10. The van der Waals surface area contributed by atoms with Gasteiger partial charge in [-0.05, 0) is 43.3 Å². The van der Waals surface area contributed by atoms with Crippen molar-refractivity contribution in [3.8, 4) is 5.75 Å². The van der Waals surface area contributed by atoms with Crippen LogP contribution in [0.15, 0.2) is 36.4 Å². The molecular formula is C20H21Cl2N3O4. The Morgan fingerprint density at radius 1 is 1.07 bits per heavy atom. The summed E-state index contributed by atoms with van der Waals surface area (Å²) in [4.78, 5) is 37.5. The van der Waals surface area contributed by atoms with Crippen molar-refractivity contribution in [1.29, 1.82) is 0 Å². The van der Waals surface area contributed by atoms with E-state index >= 15 is 0 Å². The van der Waals surface area contributed by atoms with E-state index in [0.29, 0.717) is 29.1 Å². The number of primary amides is 1. The molecule has 0 fully saturated rings. The maximum atomic E-state index is 12.7. The fourth-order valence-corrected chi connectivity index (χ4v) is 3.28. The molecule has 0 aliphatic rings. The number of halogens is 2. The van der Waals surface area contributed by atoms with Gasteiger partial charge >= 0.3 is 0 Å². The Hall–Kier alpha value is -2.77. The molecule has 3 amide bonds. The van der Waals surface area contributed by atoms with Crippen LogP contribution >= 0.6 is 23.2 Å². The van der Waals surface area contributed by atoms with Crippen molar-refractivity contribution in [3.63, 3.8) is 0 Å². The van der Waals surface area contributed by atoms with E-state index in [2.05, 4.69) is 5.32 Å². The predicted octanol–water partition coefficient (Wildman–Crippen LogP) is 3.59. The average molecular weight is 438 g/mol. The molecule has 0 unspecified atom stereocenters. The first kappa shape index (κ1) is 22.5. The molecule has 29 heavy (non-hydrogen) atoms. The van der Waals surface area contributed by atoms with E-state index in [0.717, 1.165) is 0 Å². The molecule has 0 aromatic heterocycles. The van der Waals surface area contributed by atoms with Crippen LogP contribution in [0.4, 0.5) is 5.69 Å². The van der Waals surface area contributed by atoms with Crippen LogP contribution in [0, 0.1) is 0 Å². The number of amides is 3. The van der Waals surface area contributed by atoms with Crippen molar-refractivity contribution in [1.82, 2.24) is 4.90 Å². The Balaban J connectivity index is 1.99. The minimum atomic E-state index is -0.543. The van der Waals surface area contributed by atoms with Crippen LogP contribution in [0.2, 0.25) is 10.0 Å². The maximum absolute atomic E-state index is 12.7. The van der Waals surface area contributed by atoms with E-state index in [1.54, 1.807) is 12.1 Å². The number of hydrogen-bond donors (Lipinski definition) is 2. The minimum Gasteiger partial charge on any atom is -0.494 e. The highest BCUT2D eigenvalue weighted by Crippen LogP contribution is 2.34. The first-order chi connectivity index (χ1) is 13.8. The summed E-state index contributed by atoms with van der Waals surface area (Å²) in [5.74, 6) is -0.806. The first-order valence-electron chi connectivity index (χ1n) is 8.78. The lowest BCUT2D eigenvalue weighted by Crippen LogP contribution is -2.33. The summed E-state index contributed by atoms with van der Waals surface area (Å²) in [6.45, 7) is 2.42.